The smallest absolute Gasteiger partial charge is 0.387 e. The predicted molar refractivity (Wildman–Crippen MR) is 130 cm³/mol. The van der Waals surface area contributed by atoms with Crippen LogP contribution in [0.3, 0.4) is 0 Å². The largest absolute Gasteiger partial charge is 0.434 e. The lowest BCUT2D eigenvalue weighted by molar-refractivity contribution is -0.0505. The monoisotopic (exact) mass is 502 g/mol. The third kappa shape index (κ3) is 4.40. The SMILES string of the molecule is Cc1c(-c2cnc3[nH]cc([C@@H](C)c4c(OC(F)F)ccc(F)c4Cl)c3c2)cnn1C1CCCCC1. The molecule has 9 heteroatoms. The van der Waals surface area contributed by atoms with Crippen molar-refractivity contribution in [3.05, 3.63) is 64.5 Å². The first-order valence-electron chi connectivity index (χ1n) is 11.8. The van der Waals surface area contributed by atoms with E-state index in [-0.39, 0.29) is 16.3 Å². The number of aromatic amines is 1. The maximum Gasteiger partial charge on any atom is 0.387 e. The third-order valence-corrected chi connectivity index (χ3v) is 7.43. The number of ether oxygens (including phenoxy) is 1. The van der Waals surface area contributed by atoms with Crippen LogP contribution in [-0.2, 0) is 0 Å². The molecule has 1 aromatic carbocycles. The average Bonchev–Trinajstić information content (AvgIpc) is 3.44. The van der Waals surface area contributed by atoms with Gasteiger partial charge in [0.05, 0.1) is 17.3 Å². The minimum absolute atomic E-state index is 0.151. The standard InChI is InChI=1S/C26H26ClF3N4O/c1-14(23-22(35-26(29)30)9-8-21(28)24(23)27)19-12-32-25-18(19)10-16(11-31-25)20-13-33-34(15(20)2)17-6-4-3-5-7-17/h8-14,17,26H,3-7H2,1-2H3,(H,31,32)/t14-/m1/s1. The first-order valence-corrected chi connectivity index (χ1v) is 12.2. The van der Waals surface area contributed by atoms with Crippen molar-refractivity contribution in [3.8, 4) is 16.9 Å². The van der Waals surface area contributed by atoms with Crippen LogP contribution in [0.5, 0.6) is 5.75 Å². The lowest BCUT2D eigenvalue weighted by Gasteiger charge is -2.23. The minimum Gasteiger partial charge on any atom is -0.434 e. The lowest BCUT2D eigenvalue weighted by atomic mass is 9.91. The first-order chi connectivity index (χ1) is 16.8. The van der Waals surface area contributed by atoms with Crippen LogP contribution in [0.2, 0.25) is 5.02 Å². The van der Waals surface area contributed by atoms with Crippen molar-refractivity contribution < 1.29 is 17.9 Å². The van der Waals surface area contributed by atoms with Gasteiger partial charge < -0.3 is 9.72 Å². The maximum atomic E-state index is 14.3. The van der Waals surface area contributed by atoms with E-state index < -0.39 is 18.3 Å². The molecule has 184 valence electrons. The highest BCUT2D eigenvalue weighted by molar-refractivity contribution is 6.31. The van der Waals surface area contributed by atoms with E-state index >= 15 is 0 Å². The number of halogens is 4. The van der Waals surface area contributed by atoms with Crippen LogP contribution in [0.4, 0.5) is 13.2 Å². The number of H-pyrrole nitrogens is 1. The predicted octanol–water partition coefficient (Wildman–Crippen LogP) is 7.79. The second kappa shape index (κ2) is 9.57. The van der Waals surface area contributed by atoms with E-state index in [1.807, 2.05) is 12.3 Å². The van der Waals surface area contributed by atoms with Crippen LogP contribution >= 0.6 is 11.6 Å². The zero-order valence-corrected chi connectivity index (χ0v) is 20.2. The van der Waals surface area contributed by atoms with Gasteiger partial charge in [-0.2, -0.15) is 13.9 Å². The quantitative estimate of drug-likeness (QED) is 0.293. The van der Waals surface area contributed by atoms with Gasteiger partial charge in [0.2, 0.25) is 0 Å². The van der Waals surface area contributed by atoms with E-state index in [0.717, 1.165) is 46.7 Å². The Morgan fingerprint density at radius 1 is 1.17 bits per heavy atom. The van der Waals surface area contributed by atoms with Crippen LogP contribution < -0.4 is 4.74 Å². The maximum absolute atomic E-state index is 14.3. The van der Waals surface area contributed by atoms with Gasteiger partial charge in [0.1, 0.15) is 17.2 Å². The van der Waals surface area contributed by atoms with Crippen LogP contribution in [0.25, 0.3) is 22.2 Å². The summed E-state index contributed by atoms with van der Waals surface area (Å²) in [5.41, 5.74) is 4.54. The number of rotatable bonds is 6. The second-order valence-corrected chi connectivity index (χ2v) is 9.50. The fourth-order valence-electron chi connectivity index (χ4n) is 5.24. The molecule has 0 amide bonds. The third-order valence-electron chi connectivity index (χ3n) is 7.05. The van der Waals surface area contributed by atoms with E-state index in [1.54, 1.807) is 19.3 Å². The number of aromatic nitrogens is 4. The fourth-order valence-corrected chi connectivity index (χ4v) is 5.56. The molecule has 0 aliphatic heterocycles. The van der Waals surface area contributed by atoms with E-state index in [4.69, 9.17) is 11.6 Å². The van der Waals surface area contributed by atoms with Crippen molar-refractivity contribution in [2.45, 2.75) is 64.5 Å². The summed E-state index contributed by atoms with van der Waals surface area (Å²) in [4.78, 5) is 7.70. The molecular weight excluding hydrogens is 477 g/mol. The van der Waals surface area contributed by atoms with Gasteiger partial charge >= 0.3 is 6.61 Å². The first kappa shape index (κ1) is 23.7. The summed E-state index contributed by atoms with van der Waals surface area (Å²) in [6.07, 6.45) is 11.4. The molecule has 1 saturated carbocycles. The number of alkyl halides is 2. The van der Waals surface area contributed by atoms with Gasteiger partial charge in [-0.25, -0.2) is 9.37 Å². The molecule has 0 saturated heterocycles. The Labute approximate surface area is 206 Å². The van der Waals surface area contributed by atoms with Crippen molar-refractivity contribution in [2.24, 2.45) is 0 Å². The number of nitrogens with zero attached hydrogens (tertiary/aromatic N) is 3. The Balaban J connectivity index is 1.55. The molecule has 1 aliphatic carbocycles. The van der Waals surface area contributed by atoms with Gasteiger partial charge in [0.15, 0.2) is 0 Å². The molecule has 1 aliphatic rings. The zero-order valence-electron chi connectivity index (χ0n) is 19.5. The van der Waals surface area contributed by atoms with Crippen molar-refractivity contribution in [1.29, 1.82) is 0 Å². The summed E-state index contributed by atoms with van der Waals surface area (Å²) < 4.78 is 47.1. The summed E-state index contributed by atoms with van der Waals surface area (Å²) in [6, 6.07) is 4.62. The Hall–Kier alpha value is -3.00. The molecule has 4 aromatic rings. The van der Waals surface area contributed by atoms with Crippen molar-refractivity contribution in [2.75, 3.05) is 0 Å². The number of benzene rings is 1. The normalized spacial score (nSPS) is 15.7. The van der Waals surface area contributed by atoms with Crippen LogP contribution in [0.15, 0.2) is 36.8 Å². The number of nitrogens with one attached hydrogen (secondary N) is 1. The summed E-state index contributed by atoms with van der Waals surface area (Å²) in [5.74, 6) is -1.38. The molecule has 1 fully saturated rings. The molecule has 3 aromatic heterocycles. The summed E-state index contributed by atoms with van der Waals surface area (Å²) >= 11 is 6.23. The summed E-state index contributed by atoms with van der Waals surface area (Å²) in [7, 11) is 0. The summed E-state index contributed by atoms with van der Waals surface area (Å²) in [5, 5.41) is 5.24. The molecule has 0 radical (unpaired) electrons. The Bertz CT molecular complexity index is 1360. The van der Waals surface area contributed by atoms with Crippen LogP contribution in [0.1, 0.15) is 67.8 Å². The van der Waals surface area contributed by atoms with Crippen molar-refractivity contribution in [1.82, 2.24) is 19.7 Å². The van der Waals surface area contributed by atoms with Gasteiger partial charge in [0, 0.05) is 46.1 Å². The highest BCUT2D eigenvalue weighted by atomic mass is 35.5. The molecule has 1 N–H and O–H groups in total. The Morgan fingerprint density at radius 3 is 2.69 bits per heavy atom. The van der Waals surface area contributed by atoms with Crippen molar-refractivity contribution in [3.63, 3.8) is 0 Å². The summed E-state index contributed by atoms with van der Waals surface area (Å²) in [6.45, 7) is 0.797. The second-order valence-electron chi connectivity index (χ2n) is 9.12. The molecular formula is C26H26ClF3N4O. The van der Waals surface area contributed by atoms with E-state index in [9.17, 15) is 13.2 Å². The van der Waals surface area contributed by atoms with E-state index in [0.29, 0.717) is 11.7 Å². The molecule has 0 bridgehead atoms. The topological polar surface area (TPSA) is 55.7 Å². The van der Waals surface area contributed by atoms with Gasteiger partial charge in [-0.3, -0.25) is 4.68 Å². The Kier molecular flexibility index (Phi) is 6.49. The van der Waals surface area contributed by atoms with Crippen molar-refractivity contribution >= 4 is 22.6 Å². The Morgan fingerprint density at radius 2 is 1.94 bits per heavy atom. The number of hydrogen-bond donors (Lipinski definition) is 1. The molecule has 0 unspecified atom stereocenters. The molecule has 0 spiro atoms. The number of hydrogen-bond acceptors (Lipinski definition) is 3. The molecule has 3 heterocycles. The molecule has 5 nitrogen and oxygen atoms in total. The highest BCUT2D eigenvalue weighted by Crippen LogP contribution is 2.42. The van der Waals surface area contributed by atoms with Gasteiger partial charge in [-0.05, 0) is 43.5 Å². The molecule has 5 rings (SSSR count). The average molecular weight is 503 g/mol. The lowest BCUT2D eigenvalue weighted by Crippen LogP contribution is -2.15. The molecule has 35 heavy (non-hydrogen) atoms. The van der Waals surface area contributed by atoms with Gasteiger partial charge in [-0.1, -0.05) is 37.8 Å². The minimum atomic E-state index is -3.05. The van der Waals surface area contributed by atoms with Crippen LogP contribution in [-0.4, -0.2) is 26.4 Å². The van der Waals surface area contributed by atoms with Crippen LogP contribution in [0, 0.1) is 12.7 Å². The van der Waals surface area contributed by atoms with E-state index in [2.05, 4.69) is 31.4 Å². The van der Waals surface area contributed by atoms with Gasteiger partial charge in [-0.15, -0.1) is 0 Å². The van der Waals surface area contributed by atoms with E-state index in [1.165, 1.54) is 25.3 Å². The van der Waals surface area contributed by atoms with Gasteiger partial charge in [0.25, 0.3) is 0 Å². The zero-order chi connectivity index (χ0) is 24.7. The molecule has 1 atom stereocenters. The highest BCUT2D eigenvalue weighted by Gasteiger charge is 2.25. The fraction of sp³-hybridized carbons (Fsp3) is 0.385. The number of fused-ring (bicyclic) bond motifs is 1. The number of pyridine rings is 1.